The van der Waals surface area contributed by atoms with Gasteiger partial charge in [-0.15, -0.1) is 10.2 Å². The molecule has 2 heterocycles. The minimum absolute atomic E-state index is 0.312. The molecule has 0 bridgehead atoms. The Kier molecular flexibility index (Phi) is 5.62. The molecule has 0 atom stereocenters. The van der Waals surface area contributed by atoms with Gasteiger partial charge in [-0.25, -0.2) is 9.50 Å². The Morgan fingerprint density at radius 1 is 0.861 bits per heavy atom. The van der Waals surface area contributed by atoms with Crippen LogP contribution in [0.1, 0.15) is 35.2 Å². The first kappa shape index (κ1) is 21.9. The van der Waals surface area contributed by atoms with E-state index in [1.807, 2.05) is 60.0 Å². The summed E-state index contributed by atoms with van der Waals surface area (Å²) in [4.78, 5) is 5.13. The van der Waals surface area contributed by atoms with Crippen LogP contribution in [0.2, 0.25) is 0 Å². The molecule has 6 heteroatoms. The Labute approximate surface area is 209 Å². The molecule has 6 rings (SSSR count). The average Bonchev–Trinajstić information content (AvgIpc) is 3.22. The van der Waals surface area contributed by atoms with E-state index in [0.29, 0.717) is 17.2 Å². The van der Waals surface area contributed by atoms with E-state index >= 15 is 0 Å². The maximum absolute atomic E-state index is 6.41. The van der Waals surface area contributed by atoms with Crippen LogP contribution in [0.15, 0.2) is 95.2 Å². The van der Waals surface area contributed by atoms with Crippen molar-refractivity contribution in [1.82, 2.24) is 14.6 Å². The molecule has 2 N–H and O–H groups in total. The van der Waals surface area contributed by atoms with Gasteiger partial charge in [0.1, 0.15) is 0 Å². The number of benzene rings is 3. The largest absolute Gasteiger partial charge is 0.380 e. The van der Waals surface area contributed by atoms with Crippen molar-refractivity contribution in [2.24, 2.45) is 10.2 Å². The van der Waals surface area contributed by atoms with Crippen molar-refractivity contribution in [2.75, 3.05) is 5.73 Å². The molecule has 1 aliphatic rings. The third-order valence-electron chi connectivity index (χ3n) is 6.53. The number of nitrogens with two attached hydrogens (primary N) is 1. The van der Waals surface area contributed by atoms with E-state index in [0.717, 1.165) is 47.5 Å². The molecule has 0 fully saturated rings. The highest BCUT2D eigenvalue weighted by molar-refractivity contribution is 5.88. The lowest BCUT2D eigenvalue weighted by Crippen LogP contribution is -2.11. The van der Waals surface area contributed by atoms with Gasteiger partial charge in [-0.2, -0.15) is 5.11 Å². The first-order valence-corrected chi connectivity index (χ1v) is 12.2. The van der Waals surface area contributed by atoms with Gasteiger partial charge < -0.3 is 5.73 Å². The zero-order valence-electron chi connectivity index (χ0n) is 20.1. The maximum atomic E-state index is 6.41. The van der Waals surface area contributed by atoms with Crippen LogP contribution in [0, 0.1) is 6.92 Å². The molecule has 0 saturated heterocycles. The second-order valence-corrected chi connectivity index (χ2v) is 9.09. The number of azo groups is 1. The van der Waals surface area contributed by atoms with Crippen LogP contribution < -0.4 is 5.73 Å². The van der Waals surface area contributed by atoms with E-state index in [9.17, 15) is 0 Å². The summed E-state index contributed by atoms with van der Waals surface area (Å²) in [6.07, 6.45) is 5.18. The predicted molar refractivity (Wildman–Crippen MR) is 145 cm³/mol. The fourth-order valence-corrected chi connectivity index (χ4v) is 4.76. The molecule has 0 amide bonds. The summed E-state index contributed by atoms with van der Waals surface area (Å²) >= 11 is 0. The zero-order chi connectivity index (χ0) is 24.5. The zero-order valence-corrected chi connectivity index (χ0v) is 20.1. The number of nitrogens with zero attached hydrogens (tertiary/aromatic N) is 5. The van der Waals surface area contributed by atoms with Gasteiger partial charge >= 0.3 is 0 Å². The normalized spacial score (nSPS) is 14.5. The smallest absolute Gasteiger partial charge is 0.186 e. The van der Waals surface area contributed by atoms with Crippen LogP contribution in [0.3, 0.4) is 0 Å². The second-order valence-electron chi connectivity index (χ2n) is 9.09. The van der Waals surface area contributed by atoms with Crippen molar-refractivity contribution in [1.29, 1.82) is 0 Å². The van der Waals surface area contributed by atoms with Gasteiger partial charge in [0.05, 0.1) is 17.1 Å². The fraction of sp³-hybridized carbons (Fsp3) is 0.133. The van der Waals surface area contributed by atoms with E-state index in [-0.39, 0.29) is 0 Å². The number of rotatable bonds is 4. The number of allylic oxidation sites excluding steroid dienone is 1. The molecule has 0 unspecified atom stereocenters. The summed E-state index contributed by atoms with van der Waals surface area (Å²) in [5.41, 5.74) is 16.1. The Morgan fingerprint density at radius 2 is 1.58 bits per heavy atom. The quantitative estimate of drug-likeness (QED) is 0.275. The lowest BCUT2D eigenvalue weighted by atomic mass is 9.87. The number of nitrogen functional groups attached to an aromatic ring is 1. The molecule has 2 aromatic heterocycles. The van der Waals surface area contributed by atoms with Gasteiger partial charge in [-0.05, 0) is 55.5 Å². The highest BCUT2D eigenvalue weighted by Crippen LogP contribution is 2.40. The Balaban J connectivity index is 1.59. The van der Waals surface area contributed by atoms with E-state index < -0.39 is 0 Å². The monoisotopic (exact) mass is 470 g/mol. The van der Waals surface area contributed by atoms with Crippen LogP contribution in [0.5, 0.6) is 0 Å². The highest BCUT2D eigenvalue weighted by Gasteiger charge is 2.26. The predicted octanol–water partition coefficient (Wildman–Crippen LogP) is 7.58. The highest BCUT2D eigenvalue weighted by atomic mass is 15.3. The molecule has 0 radical (unpaired) electrons. The van der Waals surface area contributed by atoms with Crippen LogP contribution in [0.25, 0.3) is 28.6 Å². The Morgan fingerprint density at radius 3 is 2.33 bits per heavy atom. The van der Waals surface area contributed by atoms with Gasteiger partial charge in [-0.1, -0.05) is 78.4 Å². The number of hydrogen-bond acceptors (Lipinski definition) is 5. The van der Waals surface area contributed by atoms with Gasteiger partial charge in [0.15, 0.2) is 17.2 Å². The summed E-state index contributed by atoms with van der Waals surface area (Å²) in [5.74, 6) is 0.312. The first-order chi connectivity index (χ1) is 17.7. The molecular formula is C30H26N6. The summed E-state index contributed by atoms with van der Waals surface area (Å²) < 4.78 is 1.85. The molecule has 36 heavy (non-hydrogen) atoms. The molecular weight excluding hydrogens is 444 g/mol. The third-order valence-corrected chi connectivity index (χ3v) is 6.53. The van der Waals surface area contributed by atoms with Crippen LogP contribution in [-0.2, 0) is 6.42 Å². The van der Waals surface area contributed by atoms with E-state index in [4.69, 9.17) is 15.8 Å². The van der Waals surface area contributed by atoms with Crippen molar-refractivity contribution in [2.45, 2.75) is 26.2 Å². The van der Waals surface area contributed by atoms with Crippen molar-refractivity contribution in [3.05, 3.63) is 107 Å². The molecule has 6 nitrogen and oxygen atoms in total. The minimum atomic E-state index is 0.312. The lowest BCUT2D eigenvalue weighted by Gasteiger charge is -2.22. The van der Waals surface area contributed by atoms with E-state index in [1.54, 1.807) is 0 Å². The van der Waals surface area contributed by atoms with Crippen molar-refractivity contribution < 1.29 is 0 Å². The second kappa shape index (κ2) is 9.23. The molecule has 0 spiro atoms. The summed E-state index contributed by atoms with van der Waals surface area (Å²) in [7, 11) is 0. The van der Waals surface area contributed by atoms with E-state index in [2.05, 4.69) is 52.7 Å². The van der Waals surface area contributed by atoms with Gasteiger partial charge in [0.2, 0.25) is 0 Å². The lowest BCUT2D eigenvalue weighted by molar-refractivity contribution is 0.793. The SMILES string of the molecule is Cc1ccc(N=Nc2c(N)nn3c(-c4ccccc4)c4c(nc23)/C(=C/c2ccccc2)CCC4)cc1. The summed E-state index contributed by atoms with van der Waals surface area (Å²) in [6, 6.07) is 28.6. The number of anilines is 1. The molecule has 1 aliphatic carbocycles. The summed E-state index contributed by atoms with van der Waals surface area (Å²) in [5, 5.41) is 13.7. The number of fused-ring (bicyclic) bond motifs is 2. The maximum Gasteiger partial charge on any atom is 0.186 e. The first-order valence-electron chi connectivity index (χ1n) is 12.2. The third kappa shape index (κ3) is 4.07. The number of hydrogen-bond donors (Lipinski definition) is 1. The Hall–Kier alpha value is -4.58. The van der Waals surface area contributed by atoms with Crippen molar-refractivity contribution in [3.63, 3.8) is 0 Å². The van der Waals surface area contributed by atoms with Crippen molar-refractivity contribution >= 4 is 34.5 Å². The molecule has 5 aromatic rings. The molecule has 176 valence electrons. The minimum Gasteiger partial charge on any atom is -0.380 e. The van der Waals surface area contributed by atoms with Crippen LogP contribution in [-0.4, -0.2) is 14.6 Å². The molecule has 0 aliphatic heterocycles. The molecule has 0 saturated carbocycles. The van der Waals surface area contributed by atoms with Gasteiger partial charge in [0, 0.05) is 11.1 Å². The summed E-state index contributed by atoms with van der Waals surface area (Å²) in [6.45, 7) is 2.04. The fourth-order valence-electron chi connectivity index (χ4n) is 4.76. The van der Waals surface area contributed by atoms with Crippen LogP contribution >= 0.6 is 0 Å². The Bertz CT molecular complexity index is 1600. The van der Waals surface area contributed by atoms with Crippen LogP contribution in [0.4, 0.5) is 17.2 Å². The van der Waals surface area contributed by atoms with Crippen molar-refractivity contribution in [3.8, 4) is 11.3 Å². The van der Waals surface area contributed by atoms with E-state index in [1.165, 1.54) is 16.7 Å². The topological polar surface area (TPSA) is 80.9 Å². The molecule has 3 aromatic carbocycles. The number of aryl methyl sites for hydroxylation is 1. The standard InChI is InChI=1S/C30H26N6/c1-20-15-17-24(18-16-20)33-34-27-29(31)35-36-28(22-11-6-3-7-12-22)25-14-8-13-23(26(25)32-30(27)36)19-21-9-4-2-5-10-21/h2-7,9-12,15-19H,8,13-14H2,1H3,(H2,31,35)/b23-19+,34-33?. The number of aromatic nitrogens is 3. The average molecular weight is 471 g/mol. The van der Waals surface area contributed by atoms with Gasteiger partial charge in [0.25, 0.3) is 0 Å². The van der Waals surface area contributed by atoms with Gasteiger partial charge in [-0.3, -0.25) is 0 Å².